The van der Waals surface area contributed by atoms with E-state index in [0.29, 0.717) is 16.5 Å². The molecule has 0 atom stereocenters. The van der Waals surface area contributed by atoms with Crippen LogP contribution in [0.1, 0.15) is 41.6 Å². The maximum Gasteiger partial charge on any atom is 0.251 e. The summed E-state index contributed by atoms with van der Waals surface area (Å²) in [7, 11) is 0. The smallest absolute Gasteiger partial charge is 0.251 e. The Morgan fingerprint density at radius 2 is 1.78 bits per heavy atom. The van der Waals surface area contributed by atoms with Gasteiger partial charge in [0.2, 0.25) is 0 Å². The van der Waals surface area contributed by atoms with Crippen LogP contribution in [-0.4, -0.2) is 37.0 Å². The highest BCUT2D eigenvalue weighted by Crippen LogP contribution is 2.46. The number of benzene rings is 2. The molecule has 1 N–H and O–H groups in total. The van der Waals surface area contributed by atoms with Crippen LogP contribution in [0.15, 0.2) is 48.5 Å². The van der Waals surface area contributed by atoms with E-state index in [1.165, 1.54) is 38.8 Å². The molecule has 2 fully saturated rings. The molecule has 2 aliphatic rings. The molecule has 1 saturated heterocycles. The molecule has 4 nitrogen and oxygen atoms in total. The first kappa shape index (κ1) is 17.8. The van der Waals surface area contributed by atoms with Gasteiger partial charge in [-0.15, -0.1) is 0 Å². The molecule has 1 aliphatic carbocycles. The van der Waals surface area contributed by atoms with Gasteiger partial charge in [-0.3, -0.25) is 4.79 Å². The SMILES string of the molecule is N#Cc1cccc(-c2cccc(C(=O)NCC3(CN4CCCC4)CC3)c2)c1. The second-order valence-corrected chi connectivity index (χ2v) is 7.94. The van der Waals surface area contributed by atoms with Gasteiger partial charge in [0, 0.05) is 24.1 Å². The van der Waals surface area contributed by atoms with Gasteiger partial charge >= 0.3 is 0 Å². The lowest BCUT2D eigenvalue weighted by molar-refractivity contribution is 0.0940. The Labute approximate surface area is 160 Å². The van der Waals surface area contributed by atoms with Gasteiger partial charge in [-0.2, -0.15) is 5.26 Å². The number of hydrogen-bond acceptors (Lipinski definition) is 3. The zero-order chi connectivity index (χ0) is 18.7. The molecule has 4 heteroatoms. The standard InChI is InChI=1S/C23H25N3O/c24-15-18-5-3-6-19(13-18)20-7-4-8-21(14-20)22(27)25-16-23(9-10-23)17-26-11-1-2-12-26/h3-8,13-14H,1-2,9-12,16-17H2,(H,25,27). The fourth-order valence-corrected chi connectivity index (χ4v) is 3.96. The van der Waals surface area contributed by atoms with Crippen molar-refractivity contribution in [3.05, 3.63) is 59.7 Å². The molecule has 27 heavy (non-hydrogen) atoms. The minimum atomic E-state index is -0.0130. The Kier molecular flexibility index (Phi) is 4.96. The van der Waals surface area contributed by atoms with Crippen molar-refractivity contribution >= 4 is 5.91 Å². The summed E-state index contributed by atoms with van der Waals surface area (Å²) in [5, 5.41) is 12.2. The summed E-state index contributed by atoms with van der Waals surface area (Å²) < 4.78 is 0. The van der Waals surface area contributed by atoms with Gasteiger partial charge in [-0.1, -0.05) is 24.3 Å². The third kappa shape index (κ3) is 4.20. The Morgan fingerprint density at radius 3 is 2.48 bits per heavy atom. The average Bonchev–Trinajstić information content (AvgIpc) is 3.29. The van der Waals surface area contributed by atoms with Crippen LogP contribution in [0.25, 0.3) is 11.1 Å². The second kappa shape index (κ2) is 7.54. The Bertz CT molecular complexity index is 873. The van der Waals surface area contributed by atoms with E-state index < -0.39 is 0 Å². The lowest BCUT2D eigenvalue weighted by Gasteiger charge is -2.23. The minimum Gasteiger partial charge on any atom is -0.351 e. The average molecular weight is 359 g/mol. The summed E-state index contributed by atoms with van der Waals surface area (Å²) in [5.41, 5.74) is 3.50. The van der Waals surface area contributed by atoms with Crippen molar-refractivity contribution < 1.29 is 4.79 Å². The molecule has 0 spiro atoms. The summed E-state index contributed by atoms with van der Waals surface area (Å²) in [6.45, 7) is 4.30. The van der Waals surface area contributed by atoms with Gasteiger partial charge < -0.3 is 10.2 Å². The Balaban J connectivity index is 1.41. The molecular formula is C23H25N3O. The third-order valence-electron chi connectivity index (χ3n) is 5.79. The molecule has 1 aliphatic heterocycles. The molecule has 2 aromatic rings. The third-order valence-corrected chi connectivity index (χ3v) is 5.79. The number of nitriles is 1. The lowest BCUT2D eigenvalue weighted by atomic mass is 10.0. The first-order valence-corrected chi connectivity index (χ1v) is 9.79. The van der Waals surface area contributed by atoms with E-state index in [-0.39, 0.29) is 5.91 Å². The van der Waals surface area contributed by atoms with Crippen molar-refractivity contribution in [3.8, 4) is 17.2 Å². The van der Waals surface area contributed by atoms with Gasteiger partial charge in [0.1, 0.15) is 0 Å². The van der Waals surface area contributed by atoms with Crippen LogP contribution >= 0.6 is 0 Å². The van der Waals surface area contributed by atoms with E-state index in [9.17, 15) is 4.79 Å². The highest BCUT2D eigenvalue weighted by atomic mass is 16.1. The molecule has 2 aromatic carbocycles. The molecule has 4 rings (SSSR count). The monoisotopic (exact) mass is 359 g/mol. The topological polar surface area (TPSA) is 56.1 Å². The summed E-state index contributed by atoms with van der Waals surface area (Å²) in [5.74, 6) is -0.0130. The molecule has 0 aromatic heterocycles. The molecule has 0 radical (unpaired) electrons. The molecule has 0 bridgehead atoms. The number of nitrogens with one attached hydrogen (secondary N) is 1. The van der Waals surface area contributed by atoms with Crippen LogP contribution in [0.3, 0.4) is 0 Å². The van der Waals surface area contributed by atoms with E-state index in [2.05, 4.69) is 16.3 Å². The van der Waals surface area contributed by atoms with E-state index in [0.717, 1.165) is 24.2 Å². The zero-order valence-corrected chi connectivity index (χ0v) is 15.6. The quantitative estimate of drug-likeness (QED) is 0.853. The molecular weight excluding hydrogens is 334 g/mol. The number of amides is 1. The van der Waals surface area contributed by atoms with Gasteiger partial charge in [0.05, 0.1) is 11.6 Å². The summed E-state index contributed by atoms with van der Waals surface area (Å²) >= 11 is 0. The van der Waals surface area contributed by atoms with Crippen LogP contribution in [0, 0.1) is 16.7 Å². The van der Waals surface area contributed by atoms with Crippen molar-refractivity contribution in [2.24, 2.45) is 5.41 Å². The number of hydrogen-bond donors (Lipinski definition) is 1. The first-order valence-electron chi connectivity index (χ1n) is 9.79. The van der Waals surface area contributed by atoms with E-state index in [4.69, 9.17) is 5.26 Å². The summed E-state index contributed by atoms with van der Waals surface area (Å²) in [6.07, 6.45) is 5.04. The van der Waals surface area contributed by atoms with Crippen molar-refractivity contribution in [2.75, 3.05) is 26.2 Å². The number of carbonyl (C=O) groups excluding carboxylic acids is 1. The van der Waals surface area contributed by atoms with Crippen molar-refractivity contribution in [1.29, 1.82) is 5.26 Å². The highest BCUT2D eigenvalue weighted by Gasteiger charge is 2.44. The van der Waals surface area contributed by atoms with Crippen molar-refractivity contribution in [3.63, 3.8) is 0 Å². The normalized spacial score (nSPS) is 18.0. The molecule has 1 amide bonds. The van der Waals surface area contributed by atoms with Crippen LogP contribution in [-0.2, 0) is 0 Å². The zero-order valence-electron chi connectivity index (χ0n) is 15.6. The predicted molar refractivity (Wildman–Crippen MR) is 106 cm³/mol. The fourth-order valence-electron chi connectivity index (χ4n) is 3.96. The summed E-state index contributed by atoms with van der Waals surface area (Å²) in [4.78, 5) is 15.2. The second-order valence-electron chi connectivity index (χ2n) is 7.94. The van der Waals surface area contributed by atoms with Gasteiger partial charge in [-0.05, 0) is 74.2 Å². The lowest BCUT2D eigenvalue weighted by Crippen LogP contribution is -2.37. The van der Waals surface area contributed by atoms with E-state index in [1.807, 2.05) is 42.5 Å². The summed E-state index contributed by atoms with van der Waals surface area (Å²) in [6, 6.07) is 17.3. The first-order chi connectivity index (χ1) is 13.2. The highest BCUT2D eigenvalue weighted by molar-refractivity contribution is 5.95. The Morgan fingerprint density at radius 1 is 1.07 bits per heavy atom. The Hall–Kier alpha value is -2.64. The van der Waals surface area contributed by atoms with Crippen LogP contribution in [0.2, 0.25) is 0 Å². The van der Waals surface area contributed by atoms with E-state index in [1.54, 1.807) is 6.07 Å². The molecule has 1 heterocycles. The predicted octanol–water partition coefficient (Wildman–Crippen LogP) is 3.83. The largest absolute Gasteiger partial charge is 0.351 e. The van der Waals surface area contributed by atoms with E-state index >= 15 is 0 Å². The molecule has 138 valence electrons. The number of carbonyl (C=O) groups is 1. The maximum absolute atomic E-state index is 12.7. The van der Waals surface area contributed by atoms with Crippen molar-refractivity contribution in [1.82, 2.24) is 10.2 Å². The fraction of sp³-hybridized carbons (Fsp3) is 0.391. The van der Waals surface area contributed by atoms with Crippen LogP contribution < -0.4 is 5.32 Å². The van der Waals surface area contributed by atoms with Gasteiger partial charge in [-0.25, -0.2) is 0 Å². The molecule has 0 unspecified atom stereocenters. The van der Waals surface area contributed by atoms with Crippen LogP contribution in [0.4, 0.5) is 0 Å². The number of rotatable bonds is 6. The number of nitrogens with zero attached hydrogens (tertiary/aromatic N) is 2. The van der Waals surface area contributed by atoms with Crippen LogP contribution in [0.5, 0.6) is 0 Å². The van der Waals surface area contributed by atoms with Crippen molar-refractivity contribution in [2.45, 2.75) is 25.7 Å². The number of likely N-dealkylation sites (tertiary alicyclic amines) is 1. The van der Waals surface area contributed by atoms with Gasteiger partial charge in [0.15, 0.2) is 0 Å². The minimum absolute atomic E-state index is 0.0130. The molecule has 1 saturated carbocycles. The maximum atomic E-state index is 12.7. The van der Waals surface area contributed by atoms with Gasteiger partial charge in [0.25, 0.3) is 5.91 Å².